The SMILES string of the molecule is Cc1ccccc1C(CO)(CO)CCCO. The molecule has 0 aliphatic heterocycles. The zero-order valence-corrected chi connectivity index (χ0v) is 9.69. The maximum absolute atomic E-state index is 9.54. The Labute approximate surface area is 96.4 Å². The molecule has 0 fully saturated rings. The molecule has 0 aliphatic rings. The Balaban J connectivity index is 3.05. The Bertz CT molecular complexity index is 319. The average Bonchev–Trinajstić information content (AvgIpc) is 2.33. The molecule has 0 aromatic heterocycles. The zero-order chi connectivity index (χ0) is 12.0. The highest BCUT2D eigenvalue weighted by Gasteiger charge is 2.31. The lowest BCUT2D eigenvalue weighted by Gasteiger charge is -2.31. The van der Waals surface area contributed by atoms with Crippen LogP contribution in [0.1, 0.15) is 24.0 Å². The van der Waals surface area contributed by atoms with Gasteiger partial charge < -0.3 is 15.3 Å². The summed E-state index contributed by atoms with van der Waals surface area (Å²) in [5, 5.41) is 28.0. The summed E-state index contributed by atoms with van der Waals surface area (Å²) in [5.74, 6) is 0. The molecule has 0 atom stereocenters. The van der Waals surface area contributed by atoms with E-state index < -0.39 is 5.41 Å². The van der Waals surface area contributed by atoms with Crippen molar-refractivity contribution in [3.63, 3.8) is 0 Å². The van der Waals surface area contributed by atoms with Crippen LogP contribution in [-0.4, -0.2) is 35.1 Å². The normalized spacial score (nSPS) is 11.8. The summed E-state index contributed by atoms with van der Waals surface area (Å²) >= 11 is 0. The fraction of sp³-hybridized carbons (Fsp3) is 0.538. The standard InChI is InChI=1S/C13H20O3/c1-11-5-2-3-6-12(11)13(9-15,10-16)7-4-8-14/h2-3,5-6,14-16H,4,7-10H2,1H3. The molecule has 0 amide bonds. The lowest BCUT2D eigenvalue weighted by Crippen LogP contribution is -2.35. The third-order valence-electron chi connectivity index (χ3n) is 3.14. The molecule has 3 heteroatoms. The molecule has 0 saturated carbocycles. The van der Waals surface area contributed by atoms with Crippen molar-refractivity contribution in [2.24, 2.45) is 0 Å². The van der Waals surface area contributed by atoms with Crippen molar-refractivity contribution >= 4 is 0 Å². The second-order valence-electron chi connectivity index (χ2n) is 4.24. The lowest BCUT2D eigenvalue weighted by molar-refractivity contribution is 0.102. The van der Waals surface area contributed by atoms with E-state index in [9.17, 15) is 10.2 Å². The summed E-state index contributed by atoms with van der Waals surface area (Å²) in [6.45, 7) is 1.84. The maximum Gasteiger partial charge on any atom is 0.0550 e. The van der Waals surface area contributed by atoms with Gasteiger partial charge >= 0.3 is 0 Å². The summed E-state index contributed by atoms with van der Waals surface area (Å²) in [5.41, 5.74) is 1.39. The molecular formula is C13H20O3. The molecule has 3 nitrogen and oxygen atoms in total. The van der Waals surface area contributed by atoms with Crippen molar-refractivity contribution < 1.29 is 15.3 Å². The van der Waals surface area contributed by atoms with E-state index in [-0.39, 0.29) is 19.8 Å². The van der Waals surface area contributed by atoms with E-state index in [1.165, 1.54) is 0 Å². The summed E-state index contributed by atoms with van der Waals surface area (Å²) in [6.07, 6.45) is 1.16. The van der Waals surface area contributed by atoms with Gasteiger partial charge in [0.1, 0.15) is 0 Å². The minimum Gasteiger partial charge on any atom is -0.396 e. The number of aliphatic hydroxyl groups is 3. The molecule has 0 radical (unpaired) electrons. The highest BCUT2D eigenvalue weighted by Crippen LogP contribution is 2.30. The number of aryl methyl sites for hydroxylation is 1. The summed E-state index contributed by atoms with van der Waals surface area (Å²) in [4.78, 5) is 0. The molecule has 1 aromatic rings. The smallest absolute Gasteiger partial charge is 0.0550 e. The van der Waals surface area contributed by atoms with Gasteiger partial charge in [-0.05, 0) is 30.9 Å². The van der Waals surface area contributed by atoms with Crippen LogP contribution in [0.4, 0.5) is 0 Å². The highest BCUT2D eigenvalue weighted by atomic mass is 16.3. The first-order valence-corrected chi connectivity index (χ1v) is 5.59. The second kappa shape index (κ2) is 5.99. The van der Waals surface area contributed by atoms with E-state index >= 15 is 0 Å². The molecule has 0 aliphatic carbocycles. The van der Waals surface area contributed by atoms with E-state index in [2.05, 4.69) is 0 Å². The van der Waals surface area contributed by atoms with Gasteiger partial charge in [0.05, 0.1) is 13.2 Å². The van der Waals surface area contributed by atoms with E-state index in [1.54, 1.807) is 0 Å². The minimum atomic E-state index is -0.631. The minimum absolute atomic E-state index is 0.0770. The fourth-order valence-electron chi connectivity index (χ4n) is 2.10. The van der Waals surface area contributed by atoms with Crippen LogP contribution >= 0.6 is 0 Å². The molecule has 16 heavy (non-hydrogen) atoms. The van der Waals surface area contributed by atoms with Gasteiger partial charge in [-0.15, -0.1) is 0 Å². The average molecular weight is 224 g/mol. The van der Waals surface area contributed by atoms with Crippen molar-refractivity contribution in [2.45, 2.75) is 25.2 Å². The molecular weight excluding hydrogens is 204 g/mol. The van der Waals surface area contributed by atoms with Gasteiger partial charge in [-0.1, -0.05) is 24.3 Å². The summed E-state index contributed by atoms with van der Waals surface area (Å²) in [6, 6.07) is 7.74. The number of rotatable bonds is 6. The number of hydrogen-bond acceptors (Lipinski definition) is 3. The molecule has 0 bridgehead atoms. The van der Waals surface area contributed by atoms with E-state index in [0.717, 1.165) is 11.1 Å². The van der Waals surface area contributed by atoms with Crippen LogP contribution in [0, 0.1) is 6.92 Å². The molecule has 3 N–H and O–H groups in total. The Morgan fingerprint density at radius 2 is 1.69 bits per heavy atom. The van der Waals surface area contributed by atoms with Crippen LogP contribution in [-0.2, 0) is 5.41 Å². The monoisotopic (exact) mass is 224 g/mol. The zero-order valence-electron chi connectivity index (χ0n) is 9.69. The van der Waals surface area contributed by atoms with Crippen LogP contribution in [0.2, 0.25) is 0 Å². The summed E-state index contributed by atoms with van der Waals surface area (Å²) < 4.78 is 0. The number of aliphatic hydroxyl groups excluding tert-OH is 3. The van der Waals surface area contributed by atoms with Gasteiger partial charge in [0, 0.05) is 12.0 Å². The Morgan fingerprint density at radius 3 is 2.19 bits per heavy atom. The van der Waals surface area contributed by atoms with E-state index in [4.69, 9.17) is 5.11 Å². The van der Waals surface area contributed by atoms with Crippen LogP contribution in [0.3, 0.4) is 0 Å². The molecule has 0 heterocycles. The quantitative estimate of drug-likeness (QED) is 0.675. The first-order chi connectivity index (χ1) is 7.70. The van der Waals surface area contributed by atoms with Gasteiger partial charge in [-0.25, -0.2) is 0 Å². The maximum atomic E-state index is 9.54. The Morgan fingerprint density at radius 1 is 1.06 bits per heavy atom. The van der Waals surface area contributed by atoms with Crippen molar-refractivity contribution in [3.05, 3.63) is 35.4 Å². The predicted molar refractivity (Wildman–Crippen MR) is 63.3 cm³/mol. The topological polar surface area (TPSA) is 60.7 Å². The molecule has 0 unspecified atom stereocenters. The van der Waals surface area contributed by atoms with Gasteiger partial charge in [-0.2, -0.15) is 0 Å². The van der Waals surface area contributed by atoms with Gasteiger partial charge in [0.15, 0.2) is 0 Å². The number of hydrogen-bond donors (Lipinski definition) is 3. The largest absolute Gasteiger partial charge is 0.396 e. The van der Waals surface area contributed by atoms with Crippen LogP contribution in [0.25, 0.3) is 0 Å². The van der Waals surface area contributed by atoms with Crippen LogP contribution < -0.4 is 0 Å². The Hall–Kier alpha value is -0.900. The summed E-state index contributed by atoms with van der Waals surface area (Å²) in [7, 11) is 0. The van der Waals surface area contributed by atoms with E-state index in [0.29, 0.717) is 12.8 Å². The van der Waals surface area contributed by atoms with Crippen LogP contribution in [0.5, 0.6) is 0 Å². The molecule has 0 spiro atoms. The van der Waals surface area contributed by atoms with Gasteiger partial charge in [0.25, 0.3) is 0 Å². The molecule has 1 rings (SSSR count). The van der Waals surface area contributed by atoms with Gasteiger partial charge in [0.2, 0.25) is 0 Å². The molecule has 90 valence electrons. The Kier molecular flexibility index (Phi) is 4.93. The van der Waals surface area contributed by atoms with Crippen LogP contribution in [0.15, 0.2) is 24.3 Å². The fourth-order valence-corrected chi connectivity index (χ4v) is 2.10. The van der Waals surface area contributed by atoms with E-state index in [1.807, 2.05) is 31.2 Å². The van der Waals surface area contributed by atoms with Crippen molar-refractivity contribution in [1.29, 1.82) is 0 Å². The number of benzene rings is 1. The van der Waals surface area contributed by atoms with Gasteiger partial charge in [-0.3, -0.25) is 0 Å². The second-order valence-corrected chi connectivity index (χ2v) is 4.24. The third kappa shape index (κ3) is 2.61. The third-order valence-corrected chi connectivity index (χ3v) is 3.14. The first-order valence-electron chi connectivity index (χ1n) is 5.59. The first kappa shape index (κ1) is 13.2. The molecule has 0 saturated heterocycles. The predicted octanol–water partition coefficient (Wildman–Crippen LogP) is 0.990. The molecule has 1 aromatic carbocycles. The lowest BCUT2D eigenvalue weighted by atomic mass is 9.76. The van der Waals surface area contributed by atoms with Crippen molar-refractivity contribution in [2.75, 3.05) is 19.8 Å². The van der Waals surface area contributed by atoms with Crippen molar-refractivity contribution in [3.8, 4) is 0 Å². The van der Waals surface area contributed by atoms with Crippen molar-refractivity contribution in [1.82, 2.24) is 0 Å². The highest BCUT2D eigenvalue weighted by molar-refractivity contribution is 5.33.